The van der Waals surface area contributed by atoms with Crippen molar-refractivity contribution in [1.29, 1.82) is 0 Å². The van der Waals surface area contributed by atoms with Gasteiger partial charge in [0.25, 0.3) is 0 Å². The van der Waals surface area contributed by atoms with Crippen molar-refractivity contribution in [3.8, 4) is 0 Å². The standard InChI is InChI=1S/C8H16O2/c1-5-7(6(2)9)8(3,4)10/h7,10H,5H2,1-4H3. The number of Topliss-reactive ketones (excluding diaryl/α,β-unsaturated/α-hetero) is 1. The highest BCUT2D eigenvalue weighted by Crippen LogP contribution is 2.20. The second kappa shape index (κ2) is 3.15. The number of ketones is 1. The average Bonchev–Trinajstić information content (AvgIpc) is 1.60. The van der Waals surface area contributed by atoms with E-state index in [1.807, 2.05) is 6.92 Å². The monoisotopic (exact) mass is 144 g/mol. The Kier molecular flexibility index (Phi) is 3.03. The van der Waals surface area contributed by atoms with E-state index in [2.05, 4.69) is 0 Å². The average molecular weight is 144 g/mol. The highest BCUT2D eigenvalue weighted by molar-refractivity contribution is 5.79. The van der Waals surface area contributed by atoms with Crippen molar-refractivity contribution in [2.75, 3.05) is 0 Å². The maximum absolute atomic E-state index is 10.9. The van der Waals surface area contributed by atoms with Crippen LogP contribution in [0.2, 0.25) is 0 Å². The van der Waals surface area contributed by atoms with Gasteiger partial charge in [-0.3, -0.25) is 4.79 Å². The van der Waals surface area contributed by atoms with E-state index in [0.717, 1.165) is 0 Å². The predicted molar refractivity (Wildman–Crippen MR) is 40.8 cm³/mol. The molecule has 1 unspecified atom stereocenters. The third-order valence-electron chi connectivity index (χ3n) is 1.75. The van der Waals surface area contributed by atoms with Crippen molar-refractivity contribution in [2.24, 2.45) is 5.92 Å². The summed E-state index contributed by atoms with van der Waals surface area (Å²) in [6.07, 6.45) is 0.707. The lowest BCUT2D eigenvalue weighted by atomic mass is 9.86. The Morgan fingerprint density at radius 2 is 2.00 bits per heavy atom. The maximum atomic E-state index is 10.9. The molecule has 0 rings (SSSR count). The molecule has 0 saturated carbocycles. The minimum Gasteiger partial charge on any atom is -0.390 e. The quantitative estimate of drug-likeness (QED) is 0.649. The molecule has 0 spiro atoms. The molecule has 0 aliphatic heterocycles. The third kappa shape index (κ3) is 2.48. The first-order valence-electron chi connectivity index (χ1n) is 3.62. The number of carbonyl (C=O) groups is 1. The Bertz CT molecular complexity index is 122. The molecule has 10 heavy (non-hydrogen) atoms. The van der Waals surface area contributed by atoms with Crippen molar-refractivity contribution >= 4 is 5.78 Å². The summed E-state index contributed by atoms with van der Waals surface area (Å²) < 4.78 is 0. The SMILES string of the molecule is CCC(C(C)=O)C(C)(C)O. The zero-order valence-corrected chi connectivity index (χ0v) is 7.14. The lowest BCUT2D eigenvalue weighted by Crippen LogP contribution is -2.35. The van der Waals surface area contributed by atoms with E-state index in [1.165, 1.54) is 6.92 Å². The van der Waals surface area contributed by atoms with Gasteiger partial charge in [-0.1, -0.05) is 6.92 Å². The molecule has 0 aromatic rings. The summed E-state index contributed by atoms with van der Waals surface area (Å²) in [6, 6.07) is 0. The number of rotatable bonds is 3. The van der Waals surface area contributed by atoms with E-state index in [4.69, 9.17) is 0 Å². The van der Waals surface area contributed by atoms with E-state index in [9.17, 15) is 9.90 Å². The fraction of sp³-hybridized carbons (Fsp3) is 0.875. The van der Waals surface area contributed by atoms with Crippen LogP contribution in [0.15, 0.2) is 0 Å². The van der Waals surface area contributed by atoms with Crippen molar-refractivity contribution < 1.29 is 9.90 Å². The molecule has 0 heterocycles. The van der Waals surface area contributed by atoms with Gasteiger partial charge in [0.1, 0.15) is 5.78 Å². The van der Waals surface area contributed by atoms with Gasteiger partial charge in [0.05, 0.1) is 5.60 Å². The lowest BCUT2D eigenvalue weighted by molar-refractivity contribution is -0.128. The van der Waals surface area contributed by atoms with E-state index < -0.39 is 5.60 Å². The number of aliphatic hydroxyl groups is 1. The van der Waals surface area contributed by atoms with Crippen LogP contribution in [0.1, 0.15) is 34.1 Å². The molecule has 0 amide bonds. The molecular weight excluding hydrogens is 128 g/mol. The fourth-order valence-corrected chi connectivity index (χ4v) is 1.28. The third-order valence-corrected chi connectivity index (χ3v) is 1.75. The van der Waals surface area contributed by atoms with Crippen LogP contribution in [0.5, 0.6) is 0 Å². The van der Waals surface area contributed by atoms with Gasteiger partial charge in [0.15, 0.2) is 0 Å². The highest BCUT2D eigenvalue weighted by atomic mass is 16.3. The number of hydrogen-bond donors (Lipinski definition) is 1. The minimum absolute atomic E-state index is 0.0648. The van der Waals surface area contributed by atoms with Crippen molar-refractivity contribution in [3.05, 3.63) is 0 Å². The summed E-state index contributed by atoms with van der Waals surface area (Å²) in [5, 5.41) is 9.43. The second-order valence-corrected chi connectivity index (χ2v) is 3.23. The summed E-state index contributed by atoms with van der Waals surface area (Å²) in [5.74, 6) is -0.150. The van der Waals surface area contributed by atoms with E-state index in [0.29, 0.717) is 6.42 Å². The molecule has 2 heteroatoms. The first-order valence-corrected chi connectivity index (χ1v) is 3.62. The number of carbonyl (C=O) groups excluding carboxylic acids is 1. The largest absolute Gasteiger partial charge is 0.390 e. The first-order chi connectivity index (χ1) is 4.39. The topological polar surface area (TPSA) is 37.3 Å². The van der Waals surface area contributed by atoms with Crippen molar-refractivity contribution in [1.82, 2.24) is 0 Å². The molecule has 60 valence electrons. The van der Waals surface area contributed by atoms with Gasteiger partial charge in [-0.05, 0) is 27.2 Å². The van der Waals surface area contributed by atoms with Crippen LogP contribution in [-0.4, -0.2) is 16.5 Å². The van der Waals surface area contributed by atoms with Crippen LogP contribution in [0.3, 0.4) is 0 Å². The molecule has 0 aliphatic rings. The normalized spacial score (nSPS) is 14.9. The minimum atomic E-state index is -0.861. The summed E-state index contributed by atoms with van der Waals surface area (Å²) in [7, 11) is 0. The maximum Gasteiger partial charge on any atom is 0.135 e. The molecule has 0 radical (unpaired) electrons. The molecule has 0 bridgehead atoms. The van der Waals surface area contributed by atoms with Crippen LogP contribution in [0, 0.1) is 5.92 Å². The van der Waals surface area contributed by atoms with Gasteiger partial charge >= 0.3 is 0 Å². The summed E-state index contributed by atoms with van der Waals surface area (Å²) in [5.41, 5.74) is -0.861. The molecule has 0 aliphatic carbocycles. The second-order valence-electron chi connectivity index (χ2n) is 3.23. The summed E-state index contributed by atoms with van der Waals surface area (Å²) in [6.45, 7) is 6.77. The van der Waals surface area contributed by atoms with Gasteiger partial charge in [-0.25, -0.2) is 0 Å². The lowest BCUT2D eigenvalue weighted by Gasteiger charge is -2.25. The highest BCUT2D eigenvalue weighted by Gasteiger charge is 2.28. The molecule has 1 atom stereocenters. The zero-order valence-electron chi connectivity index (χ0n) is 7.14. The molecule has 0 aromatic heterocycles. The zero-order chi connectivity index (χ0) is 8.36. The predicted octanol–water partition coefficient (Wildman–Crippen LogP) is 1.37. The van der Waals surface area contributed by atoms with Crippen molar-refractivity contribution in [2.45, 2.75) is 39.7 Å². The Hall–Kier alpha value is -0.370. The van der Waals surface area contributed by atoms with Gasteiger partial charge < -0.3 is 5.11 Å². The smallest absolute Gasteiger partial charge is 0.135 e. The molecule has 2 nitrogen and oxygen atoms in total. The van der Waals surface area contributed by atoms with Gasteiger partial charge in [-0.2, -0.15) is 0 Å². The Balaban J connectivity index is 4.22. The molecule has 0 saturated heterocycles. The fourth-order valence-electron chi connectivity index (χ4n) is 1.28. The van der Waals surface area contributed by atoms with Crippen molar-refractivity contribution in [3.63, 3.8) is 0 Å². The van der Waals surface area contributed by atoms with Crippen LogP contribution in [-0.2, 0) is 4.79 Å². The van der Waals surface area contributed by atoms with E-state index in [1.54, 1.807) is 13.8 Å². The van der Waals surface area contributed by atoms with Gasteiger partial charge in [0, 0.05) is 5.92 Å². The van der Waals surface area contributed by atoms with Crippen LogP contribution in [0.4, 0.5) is 0 Å². The van der Waals surface area contributed by atoms with Crippen LogP contribution >= 0.6 is 0 Å². The van der Waals surface area contributed by atoms with Gasteiger partial charge in [0.2, 0.25) is 0 Å². The summed E-state index contributed by atoms with van der Waals surface area (Å²) >= 11 is 0. The number of hydrogen-bond acceptors (Lipinski definition) is 2. The van der Waals surface area contributed by atoms with E-state index >= 15 is 0 Å². The molecular formula is C8H16O2. The first kappa shape index (κ1) is 9.63. The molecule has 0 aromatic carbocycles. The molecule has 1 N–H and O–H groups in total. The molecule has 0 fully saturated rings. The van der Waals surface area contributed by atoms with E-state index in [-0.39, 0.29) is 11.7 Å². The Labute approximate surface area is 62.2 Å². The Morgan fingerprint density at radius 3 is 2.00 bits per heavy atom. The van der Waals surface area contributed by atoms with Crippen LogP contribution < -0.4 is 0 Å². The Morgan fingerprint density at radius 1 is 1.60 bits per heavy atom. The van der Waals surface area contributed by atoms with Crippen LogP contribution in [0.25, 0.3) is 0 Å². The summed E-state index contributed by atoms with van der Waals surface area (Å²) in [4.78, 5) is 10.9. The van der Waals surface area contributed by atoms with Gasteiger partial charge in [-0.15, -0.1) is 0 Å².